The second-order valence-electron chi connectivity index (χ2n) is 5.42. The minimum atomic E-state index is -4.53. The zero-order valence-corrected chi connectivity index (χ0v) is 15.0. The summed E-state index contributed by atoms with van der Waals surface area (Å²) in [6.07, 6.45) is -4.38. The Morgan fingerprint density at radius 2 is 2.00 bits per heavy atom. The molecule has 0 spiro atoms. The van der Waals surface area contributed by atoms with Crippen LogP contribution < -0.4 is 16.0 Å². The highest BCUT2D eigenvalue weighted by atomic mass is 35.5. The minimum Gasteiger partial charge on any atom is -0.325 e. The molecule has 25 heavy (non-hydrogen) atoms. The van der Waals surface area contributed by atoms with E-state index in [1.165, 1.54) is 6.92 Å². The van der Waals surface area contributed by atoms with E-state index in [-0.39, 0.29) is 36.2 Å². The Hall–Kier alpha value is -1.45. The largest absolute Gasteiger partial charge is 0.416 e. The molecule has 2 amide bonds. The Bertz CT molecular complexity index is 623. The fraction of sp³-hybridized carbons (Fsp3) is 0.467. The van der Waals surface area contributed by atoms with Crippen molar-refractivity contribution in [3.8, 4) is 0 Å². The fourth-order valence-electron chi connectivity index (χ4n) is 2.30. The van der Waals surface area contributed by atoms with Crippen molar-refractivity contribution in [2.75, 3.05) is 28.7 Å². The molecule has 2 rings (SSSR count). The van der Waals surface area contributed by atoms with E-state index in [1.807, 2.05) is 0 Å². The zero-order chi connectivity index (χ0) is 17.7. The standard InChI is InChI=1S/C15H18F3N3O2S.ClH/c1-9(22)20-12-3-2-10(15(16,17)18)6-13(12)21-14(23)7-11-8-24-5-4-19-11;/h2-3,6,11,19H,4-5,7-8H2,1H3,(H,20,22)(H,21,23);1H. The number of halogens is 4. The maximum Gasteiger partial charge on any atom is 0.416 e. The van der Waals surface area contributed by atoms with Crippen LogP contribution in [0, 0.1) is 0 Å². The summed E-state index contributed by atoms with van der Waals surface area (Å²) in [6.45, 7) is 2.04. The molecular formula is C15H19ClF3N3O2S. The first-order valence-corrected chi connectivity index (χ1v) is 8.51. The Kier molecular flexibility index (Phi) is 8.04. The van der Waals surface area contributed by atoms with Crippen molar-refractivity contribution in [1.29, 1.82) is 0 Å². The monoisotopic (exact) mass is 397 g/mol. The molecule has 1 atom stereocenters. The van der Waals surface area contributed by atoms with Crippen molar-refractivity contribution in [2.45, 2.75) is 25.6 Å². The van der Waals surface area contributed by atoms with Crippen LogP contribution in [0.1, 0.15) is 18.9 Å². The molecule has 5 nitrogen and oxygen atoms in total. The lowest BCUT2D eigenvalue weighted by atomic mass is 10.1. The highest BCUT2D eigenvalue weighted by molar-refractivity contribution is 7.99. The second kappa shape index (κ2) is 9.30. The van der Waals surface area contributed by atoms with Crippen LogP contribution in [-0.4, -0.2) is 35.9 Å². The third kappa shape index (κ3) is 6.75. The van der Waals surface area contributed by atoms with E-state index in [1.54, 1.807) is 11.8 Å². The predicted molar refractivity (Wildman–Crippen MR) is 95.4 cm³/mol. The van der Waals surface area contributed by atoms with Crippen LogP contribution in [-0.2, 0) is 15.8 Å². The molecule has 1 saturated heterocycles. The Labute approximate surface area is 153 Å². The normalized spacial score (nSPS) is 17.4. The van der Waals surface area contributed by atoms with Crippen LogP contribution in [0.2, 0.25) is 0 Å². The van der Waals surface area contributed by atoms with Gasteiger partial charge in [0.15, 0.2) is 0 Å². The topological polar surface area (TPSA) is 70.2 Å². The van der Waals surface area contributed by atoms with Gasteiger partial charge in [0.05, 0.1) is 16.9 Å². The zero-order valence-electron chi connectivity index (χ0n) is 13.4. The Morgan fingerprint density at radius 3 is 2.56 bits per heavy atom. The molecule has 0 aromatic heterocycles. The van der Waals surface area contributed by atoms with E-state index >= 15 is 0 Å². The van der Waals surface area contributed by atoms with Crippen LogP contribution in [0.25, 0.3) is 0 Å². The summed E-state index contributed by atoms with van der Waals surface area (Å²) in [7, 11) is 0. The van der Waals surface area contributed by atoms with Gasteiger partial charge in [-0.15, -0.1) is 12.4 Å². The summed E-state index contributed by atoms with van der Waals surface area (Å²) >= 11 is 1.72. The lowest BCUT2D eigenvalue weighted by Crippen LogP contribution is -2.40. The van der Waals surface area contributed by atoms with E-state index in [0.717, 1.165) is 36.2 Å². The minimum absolute atomic E-state index is 0. The van der Waals surface area contributed by atoms with E-state index in [9.17, 15) is 22.8 Å². The molecule has 1 aliphatic heterocycles. The van der Waals surface area contributed by atoms with Gasteiger partial charge in [-0.1, -0.05) is 0 Å². The van der Waals surface area contributed by atoms with Crippen molar-refractivity contribution in [3.05, 3.63) is 23.8 Å². The third-order valence-corrected chi connectivity index (χ3v) is 4.49. The number of benzene rings is 1. The molecule has 0 saturated carbocycles. The molecule has 0 aliphatic carbocycles. The molecule has 1 fully saturated rings. The predicted octanol–water partition coefficient (Wildman–Crippen LogP) is 3.12. The van der Waals surface area contributed by atoms with Crippen LogP contribution in [0.5, 0.6) is 0 Å². The van der Waals surface area contributed by atoms with E-state index in [4.69, 9.17) is 0 Å². The molecule has 0 bridgehead atoms. The second-order valence-corrected chi connectivity index (χ2v) is 6.57. The van der Waals surface area contributed by atoms with Gasteiger partial charge in [0.25, 0.3) is 0 Å². The highest BCUT2D eigenvalue weighted by Crippen LogP contribution is 2.34. The van der Waals surface area contributed by atoms with Crippen LogP contribution in [0.4, 0.5) is 24.5 Å². The summed E-state index contributed by atoms with van der Waals surface area (Å²) in [5.74, 6) is 0.907. The average molecular weight is 398 g/mol. The van der Waals surface area contributed by atoms with Crippen molar-refractivity contribution < 1.29 is 22.8 Å². The maximum atomic E-state index is 12.9. The lowest BCUT2D eigenvalue weighted by molar-refractivity contribution is -0.137. The summed E-state index contributed by atoms with van der Waals surface area (Å²) < 4.78 is 38.6. The molecule has 1 aliphatic rings. The van der Waals surface area contributed by atoms with Gasteiger partial charge in [0, 0.05) is 37.4 Å². The van der Waals surface area contributed by atoms with Gasteiger partial charge in [-0.05, 0) is 18.2 Å². The summed E-state index contributed by atoms with van der Waals surface area (Å²) in [6, 6.07) is 2.81. The third-order valence-electron chi connectivity index (χ3n) is 3.36. The van der Waals surface area contributed by atoms with Gasteiger partial charge in [0.2, 0.25) is 11.8 Å². The lowest BCUT2D eigenvalue weighted by Gasteiger charge is -2.23. The molecule has 10 heteroatoms. The number of alkyl halides is 3. The van der Waals surface area contributed by atoms with Crippen molar-refractivity contribution in [2.24, 2.45) is 0 Å². The quantitative estimate of drug-likeness (QED) is 0.730. The number of anilines is 2. The van der Waals surface area contributed by atoms with E-state index in [2.05, 4.69) is 16.0 Å². The molecule has 140 valence electrons. The van der Waals surface area contributed by atoms with Gasteiger partial charge in [-0.25, -0.2) is 0 Å². The molecule has 3 N–H and O–H groups in total. The van der Waals surface area contributed by atoms with Gasteiger partial charge in [0.1, 0.15) is 0 Å². The highest BCUT2D eigenvalue weighted by Gasteiger charge is 2.31. The summed E-state index contributed by atoms with van der Waals surface area (Å²) in [4.78, 5) is 23.3. The van der Waals surface area contributed by atoms with Crippen LogP contribution in [0.15, 0.2) is 18.2 Å². The molecule has 1 aromatic rings. The van der Waals surface area contributed by atoms with Gasteiger partial charge in [-0.3, -0.25) is 9.59 Å². The van der Waals surface area contributed by atoms with Crippen LogP contribution >= 0.6 is 24.2 Å². The molecule has 0 radical (unpaired) electrons. The number of hydrogen-bond donors (Lipinski definition) is 3. The van der Waals surface area contributed by atoms with Crippen molar-refractivity contribution in [3.63, 3.8) is 0 Å². The molecule has 1 aromatic carbocycles. The SMILES string of the molecule is CC(=O)Nc1ccc(C(F)(F)F)cc1NC(=O)CC1CSCCN1.Cl. The first-order valence-electron chi connectivity index (χ1n) is 7.35. The van der Waals surface area contributed by atoms with Crippen molar-refractivity contribution in [1.82, 2.24) is 5.32 Å². The number of amides is 2. The van der Waals surface area contributed by atoms with Crippen LogP contribution in [0.3, 0.4) is 0 Å². The van der Waals surface area contributed by atoms with Gasteiger partial charge in [-0.2, -0.15) is 24.9 Å². The molecular weight excluding hydrogens is 379 g/mol. The summed E-state index contributed by atoms with van der Waals surface area (Å²) in [5.41, 5.74) is -0.818. The first-order chi connectivity index (χ1) is 11.3. The number of thioether (sulfide) groups is 1. The van der Waals surface area contributed by atoms with Crippen molar-refractivity contribution >= 4 is 47.4 Å². The molecule has 1 heterocycles. The Morgan fingerprint density at radius 1 is 1.28 bits per heavy atom. The number of carbonyl (C=O) groups excluding carboxylic acids is 2. The number of hydrogen-bond acceptors (Lipinski definition) is 4. The maximum absolute atomic E-state index is 12.9. The number of carbonyl (C=O) groups is 2. The average Bonchev–Trinajstić information content (AvgIpc) is 2.48. The molecule has 1 unspecified atom stereocenters. The Balaban J connectivity index is 0.00000312. The smallest absolute Gasteiger partial charge is 0.325 e. The van der Waals surface area contributed by atoms with Gasteiger partial charge < -0.3 is 16.0 Å². The number of rotatable bonds is 4. The summed E-state index contributed by atoms with van der Waals surface area (Å²) in [5, 5.41) is 8.08. The van der Waals surface area contributed by atoms with E-state index < -0.39 is 23.6 Å². The van der Waals surface area contributed by atoms with E-state index in [0.29, 0.717) is 0 Å². The number of nitrogens with one attached hydrogen (secondary N) is 3. The first kappa shape index (κ1) is 21.6. The fourth-order valence-corrected chi connectivity index (χ4v) is 3.25. The van der Waals surface area contributed by atoms with Gasteiger partial charge >= 0.3 is 6.18 Å².